The maximum atomic E-state index is 5.71. The summed E-state index contributed by atoms with van der Waals surface area (Å²) in [5.41, 5.74) is 6.70. The summed E-state index contributed by atoms with van der Waals surface area (Å²) < 4.78 is 0. The third-order valence-corrected chi connectivity index (χ3v) is 4.01. The average Bonchev–Trinajstić information content (AvgIpc) is 2.93. The zero-order valence-electron chi connectivity index (χ0n) is 12.3. The van der Waals surface area contributed by atoms with E-state index in [9.17, 15) is 0 Å². The van der Waals surface area contributed by atoms with Crippen LogP contribution in [0.2, 0.25) is 0 Å². The Morgan fingerprint density at radius 1 is 1.32 bits per heavy atom. The van der Waals surface area contributed by atoms with Gasteiger partial charge in [-0.25, -0.2) is 4.98 Å². The number of anilines is 1. The molecule has 0 aliphatic heterocycles. The Kier molecular flexibility index (Phi) is 5.20. The summed E-state index contributed by atoms with van der Waals surface area (Å²) in [6.45, 7) is 6.22. The molecule has 3 heteroatoms. The predicted molar refractivity (Wildman–Crippen MR) is 81.2 cm³/mol. The van der Waals surface area contributed by atoms with Crippen LogP contribution in [0.3, 0.4) is 0 Å². The standard InChI is InChI=1S/C16H27N3/c1-13(2)10-11-19(15-7-3-4-8-15)16-9-5-6-14(12-17)18-16/h5-6,9,13,15H,3-4,7-8,10-12,17H2,1-2H3. The maximum absolute atomic E-state index is 5.71. The minimum Gasteiger partial charge on any atom is -0.354 e. The van der Waals surface area contributed by atoms with Crippen LogP contribution in [0.5, 0.6) is 0 Å². The molecular weight excluding hydrogens is 234 g/mol. The van der Waals surface area contributed by atoms with Gasteiger partial charge in [0.05, 0.1) is 5.69 Å². The number of rotatable bonds is 6. The Morgan fingerprint density at radius 2 is 2.05 bits per heavy atom. The van der Waals surface area contributed by atoms with Gasteiger partial charge >= 0.3 is 0 Å². The van der Waals surface area contributed by atoms with Crippen LogP contribution in [-0.2, 0) is 6.54 Å². The van der Waals surface area contributed by atoms with E-state index < -0.39 is 0 Å². The summed E-state index contributed by atoms with van der Waals surface area (Å²) in [5.74, 6) is 1.86. The van der Waals surface area contributed by atoms with Gasteiger partial charge in [-0.05, 0) is 37.3 Å². The lowest BCUT2D eigenvalue weighted by Gasteiger charge is -2.31. The second kappa shape index (κ2) is 6.90. The molecule has 0 atom stereocenters. The van der Waals surface area contributed by atoms with E-state index in [0.29, 0.717) is 12.6 Å². The Balaban J connectivity index is 2.14. The van der Waals surface area contributed by atoms with Crippen molar-refractivity contribution in [2.45, 2.75) is 58.5 Å². The molecule has 3 nitrogen and oxygen atoms in total. The predicted octanol–water partition coefficient (Wildman–Crippen LogP) is 3.34. The number of nitrogens with two attached hydrogens (primary N) is 1. The highest BCUT2D eigenvalue weighted by Crippen LogP contribution is 2.28. The molecule has 1 heterocycles. The molecule has 0 aromatic carbocycles. The zero-order valence-corrected chi connectivity index (χ0v) is 12.3. The van der Waals surface area contributed by atoms with E-state index in [1.807, 2.05) is 6.07 Å². The number of hydrogen-bond donors (Lipinski definition) is 1. The van der Waals surface area contributed by atoms with Gasteiger partial charge in [0.25, 0.3) is 0 Å². The van der Waals surface area contributed by atoms with E-state index >= 15 is 0 Å². The van der Waals surface area contributed by atoms with Gasteiger partial charge in [-0.15, -0.1) is 0 Å². The quantitative estimate of drug-likeness (QED) is 0.854. The molecule has 0 spiro atoms. The lowest BCUT2D eigenvalue weighted by Crippen LogP contribution is -2.35. The van der Waals surface area contributed by atoms with Crippen molar-refractivity contribution >= 4 is 5.82 Å². The first-order valence-electron chi connectivity index (χ1n) is 7.63. The molecule has 2 N–H and O–H groups in total. The van der Waals surface area contributed by atoms with Crippen molar-refractivity contribution in [3.63, 3.8) is 0 Å². The minimum absolute atomic E-state index is 0.524. The van der Waals surface area contributed by atoms with E-state index in [-0.39, 0.29) is 0 Å². The number of pyridine rings is 1. The third-order valence-electron chi connectivity index (χ3n) is 4.01. The molecular formula is C16H27N3. The van der Waals surface area contributed by atoms with E-state index in [4.69, 9.17) is 10.7 Å². The second-order valence-corrected chi connectivity index (χ2v) is 6.01. The van der Waals surface area contributed by atoms with Gasteiger partial charge in [0.2, 0.25) is 0 Å². The molecule has 0 unspecified atom stereocenters. The van der Waals surface area contributed by atoms with E-state index in [1.165, 1.54) is 32.1 Å². The van der Waals surface area contributed by atoms with Gasteiger partial charge in [0.1, 0.15) is 5.82 Å². The van der Waals surface area contributed by atoms with Crippen molar-refractivity contribution in [1.29, 1.82) is 0 Å². The number of aromatic nitrogens is 1. The van der Waals surface area contributed by atoms with E-state index in [0.717, 1.165) is 24.0 Å². The first-order valence-corrected chi connectivity index (χ1v) is 7.63. The van der Waals surface area contributed by atoms with E-state index in [2.05, 4.69) is 30.9 Å². The molecule has 19 heavy (non-hydrogen) atoms. The Bertz CT molecular complexity index is 383. The molecule has 1 aromatic heterocycles. The zero-order chi connectivity index (χ0) is 13.7. The maximum Gasteiger partial charge on any atom is 0.129 e. The first-order chi connectivity index (χ1) is 9.20. The first kappa shape index (κ1) is 14.3. The van der Waals surface area contributed by atoms with Crippen molar-refractivity contribution in [3.05, 3.63) is 23.9 Å². The van der Waals surface area contributed by atoms with Crippen LogP contribution in [-0.4, -0.2) is 17.6 Å². The van der Waals surface area contributed by atoms with Gasteiger partial charge in [-0.3, -0.25) is 0 Å². The van der Waals surface area contributed by atoms with Gasteiger partial charge in [0, 0.05) is 19.1 Å². The van der Waals surface area contributed by atoms with E-state index in [1.54, 1.807) is 0 Å². The van der Waals surface area contributed by atoms with Crippen molar-refractivity contribution < 1.29 is 0 Å². The Morgan fingerprint density at radius 3 is 2.68 bits per heavy atom. The minimum atomic E-state index is 0.524. The smallest absolute Gasteiger partial charge is 0.129 e. The summed E-state index contributed by atoms with van der Waals surface area (Å²) >= 11 is 0. The molecule has 0 bridgehead atoms. The molecule has 1 aliphatic rings. The summed E-state index contributed by atoms with van der Waals surface area (Å²) in [7, 11) is 0. The van der Waals surface area contributed by atoms with Crippen LogP contribution >= 0.6 is 0 Å². The molecule has 1 fully saturated rings. The van der Waals surface area contributed by atoms with Crippen molar-refractivity contribution in [2.24, 2.45) is 11.7 Å². The van der Waals surface area contributed by atoms with Crippen LogP contribution in [0.4, 0.5) is 5.82 Å². The second-order valence-electron chi connectivity index (χ2n) is 6.01. The van der Waals surface area contributed by atoms with Gasteiger partial charge in [0.15, 0.2) is 0 Å². The van der Waals surface area contributed by atoms with Gasteiger partial charge in [-0.2, -0.15) is 0 Å². The summed E-state index contributed by atoms with van der Waals surface area (Å²) in [5, 5.41) is 0. The third kappa shape index (κ3) is 3.93. The fraction of sp³-hybridized carbons (Fsp3) is 0.688. The number of nitrogens with zero attached hydrogens (tertiary/aromatic N) is 2. The van der Waals surface area contributed by atoms with Crippen LogP contribution in [0.1, 0.15) is 51.6 Å². The molecule has 1 aromatic rings. The fourth-order valence-corrected chi connectivity index (χ4v) is 2.84. The molecule has 0 saturated heterocycles. The molecule has 1 saturated carbocycles. The highest BCUT2D eigenvalue weighted by atomic mass is 15.2. The van der Waals surface area contributed by atoms with Crippen molar-refractivity contribution in [2.75, 3.05) is 11.4 Å². The molecule has 106 valence electrons. The monoisotopic (exact) mass is 261 g/mol. The lowest BCUT2D eigenvalue weighted by molar-refractivity contribution is 0.524. The largest absolute Gasteiger partial charge is 0.354 e. The SMILES string of the molecule is CC(C)CCN(c1cccc(CN)n1)C1CCCC1. The summed E-state index contributed by atoms with van der Waals surface area (Å²) in [6, 6.07) is 6.91. The Hall–Kier alpha value is -1.09. The van der Waals surface area contributed by atoms with Crippen LogP contribution in [0.25, 0.3) is 0 Å². The summed E-state index contributed by atoms with van der Waals surface area (Å²) in [4.78, 5) is 7.24. The van der Waals surface area contributed by atoms with Crippen LogP contribution < -0.4 is 10.6 Å². The molecule has 2 rings (SSSR count). The van der Waals surface area contributed by atoms with Crippen LogP contribution in [0.15, 0.2) is 18.2 Å². The highest BCUT2D eigenvalue weighted by Gasteiger charge is 2.23. The molecule has 1 aliphatic carbocycles. The molecule has 0 amide bonds. The number of hydrogen-bond acceptors (Lipinski definition) is 3. The van der Waals surface area contributed by atoms with Crippen molar-refractivity contribution in [1.82, 2.24) is 4.98 Å². The van der Waals surface area contributed by atoms with Crippen molar-refractivity contribution in [3.8, 4) is 0 Å². The highest BCUT2D eigenvalue weighted by molar-refractivity contribution is 5.41. The van der Waals surface area contributed by atoms with Gasteiger partial charge in [-0.1, -0.05) is 32.8 Å². The topological polar surface area (TPSA) is 42.1 Å². The lowest BCUT2D eigenvalue weighted by atomic mass is 10.1. The Labute approximate surface area is 117 Å². The van der Waals surface area contributed by atoms with Crippen LogP contribution in [0, 0.1) is 5.92 Å². The normalized spacial score (nSPS) is 16.2. The average molecular weight is 261 g/mol. The van der Waals surface area contributed by atoms with Gasteiger partial charge < -0.3 is 10.6 Å². The summed E-state index contributed by atoms with van der Waals surface area (Å²) in [6.07, 6.45) is 6.57. The molecule has 0 radical (unpaired) electrons. The fourth-order valence-electron chi connectivity index (χ4n) is 2.84.